The highest BCUT2D eigenvalue weighted by atomic mass is 16.4. The van der Waals surface area contributed by atoms with Gasteiger partial charge in [-0.1, -0.05) is 36.4 Å². The van der Waals surface area contributed by atoms with E-state index in [9.17, 15) is 14.7 Å². The molecule has 0 bridgehead atoms. The van der Waals surface area contributed by atoms with Crippen LogP contribution in [-0.2, 0) is 11.2 Å². The van der Waals surface area contributed by atoms with Crippen molar-refractivity contribution in [3.8, 4) is 0 Å². The van der Waals surface area contributed by atoms with E-state index < -0.39 is 5.97 Å². The smallest absolute Gasteiger partial charge is 0.335 e. The Morgan fingerprint density at radius 2 is 1.79 bits per heavy atom. The van der Waals surface area contributed by atoms with Gasteiger partial charge in [0, 0.05) is 6.42 Å². The van der Waals surface area contributed by atoms with Crippen LogP contribution in [0.25, 0.3) is 0 Å². The molecular formula is C20H23NO3. The van der Waals surface area contributed by atoms with E-state index in [4.69, 9.17) is 0 Å². The molecule has 0 aliphatic rings. The Balaban J connectivity index is 1.99. The molecule has 4 nitrogen and oxygen atoms in total. The van der Waals surface area contributed by atoms with E-state index in [-0.39, 0.29) is 23.9 Å². The molecule has 1 amide bonds. The summed E-state index contributed by atoms with van der Waals surface area (Å²) >= 11 is 0. The average Bonchev–Trinajstić information content (AvgIpc) is 2.55. The van der Waals surface area contributed by atoms with Gasteiger partial charge in [0.25, 0.3) is 0 Å². The monoisotopic (exact) mass is 325 g/mol. The number of aromatic carboxylic acids is 1. The first-order chi connectivity index (χ1) is 11.4. The van der Waals surface area contributed by atoms with Crippen molar-refractivity contribution in [3.63, 3.8) is 0 Å². The van der Waals surface area contributed by atoms with Crippen LogP contribution in [0.3, 0.4) is 0 Å². The lowest BCUT2D eigenvalue weighted by Crippen LogP contribution is -2.27. The average molecular weight is 325 g/mol. The molecule has 2 rings (SSSR count). The molecule has 2 N–H and O–H groups in total. The number of carbonyl (C=O) groups excluding carboxylic acids is 1. The van der Waals surface area contributed by atoms with E-state index in [1.165, 1.54) is 11.1 Å². The minimum atomic E-state index is -0.963. The lowest BCUT2D eigenvalue weighted by Gasteiger charge is -2.18. The molecule has 0 fully saturated rings. The summed E-state index contributed by atoms with van der Waals surface area (Å²) in [6.07, 6.45) is 0.674. The quantitative estimate of drug-likeness (QED) is 0.848. The summed E-state index contributed by atoms with van der Waals surface area (Å²) in [6, 6.07) is 12.8. The van der Waals surface area contributed by atoms with E-state index >= 15 is 0 Å². The van der Waals surface area contributed by atoms with Crippen molar-refractivity contribution in [1.82, 2.24) is 5.32 Å². The Kier molecular flexibility index (Phi) is 5.74. The molecule has 1 atom stereocenters. The number of aryl methyl sites for hydroxylation is 2. The summed E-state index contributed by atoms with van der Waals surface area (Å²) in [4.78, 5) is 23.4. The molecule has 2 aromatic rings. The summed E-state index contributed by atoms with van der Waals surface area (Å²) in [5.41, 5.74) is 4.42. The van der Waals surface area contributed by atoms with Crippen LogP contribution >= 0.6 is 0 Å². The Morgan fingerprint density at radius 1 is 1.08 bits per heavy atom. The lowest BCUT2D eigenvalue weighted by atomic mass is 9.98. The fourth-order valence-corrected chi connectivity index (χ4v) is 2.83. The molecule has 2 aromatic carbocycles. The molecule has 0 aromatic heterocycles. The molecule has 126 valence electrons. The molecule has 0 aliphatic carbocycles. The maximum atomic E-state index is 12.2. The van der Waals surface area contributed by atoms with E-state index in [1.54, 1.807) is 24.3 Å². The van der Waals surface area contributed by atoms with E-state index in [0.29, 0.717) is 12.0 Å². The minimum Gasteiger partial charge on any atom is -0.478 e. The maximum Gasteiger partial charge on any atom is 0.335 e. The van der Waals surface area contributed by atoms with E-state index in [1.807, 2.05) is 19.1 Å². The number of rotatable bonds is 6. The molecule has 0 aliphatic heterocycles. The Hall–Kier alpha value is -2.62. The predicted octanol–water partition coefficient (Wildman–Crippen LogP) is 3.81. The first kappa shape index (κ1) is 17.7. The van der Waals surface area contributed by atoms with Crippen LogP contribution in [0.1, 0.15) is 52.0 Å². The van der Waals surface area contributed by atoms with Crippen molar-refractivity contribution in [3.05, 3.63) is 70.3 Å². The SMILES string of the molecule is Cc1cccc(C(C)NC(=O)CCc2ccccc2C(=O)O)c1C. The second kappa shape index (κ2) is 7.77. The molecule has 0 heterocycles. The summed E-state index contributed by atoms with van der Waals surface area (Å²) in [7, 11) is 0. The Labute approximate surface area is 142 Å². The topological polar surface area (TPSA) is 66.4 Å². The third-order valence-electron chi connectivity index (χ3n) is 4.36. The number of hydrogen-bond donors (Lipinski definition) is 2. The van der Waals surface area contributed by atoms with Gasteiger partial charge >= 0.3 is 5.97 Å². The van der Waals surface area contributed by atoms with Crippen molar-refractivity contribution in [2.24, 2.45) is 0 Å². The highest BCUT2D eigenvalue weighted by molar-refractivity contribution is 5.89. The van der Waals surface area contributed by atoms with Gasteiger partial charge in [0.15, 0.2) is 0 Å². The standard InChI is InChI=1S/C20H23NO3/c1-13-7-6-10-17(14(13)2)15(3)21-19(22)12-11-16-8-4-5-9-18(16)20(23)24/h4-10,15H,11-12H2,1-3H3,(H,21,22)(H,23,24). The predicted molar refractivity (Wildman–Crippen MR) is 94.2 cm³/mol. The van der Waals surface area contributed by atoms with Crippen molar-refractivity contribution < 1.29 is 14.7 Å². The maximum absolute atomic E-state index is 12.2. The van der Waals surface area contributed by atoms with Crippen molar-refractivity contribution in [2.45, 2.75) is 39.7 Å². The van der Waals surface area contributed by atoms with Gasteiger partial charge in [-0.3, -0.25) is 4.79 Å². The fourth-order valence-electron chi connectivity index (χ4n) is 2.83. The second-order valence-electron chi connectivity index (χ2n) is 6.04. The molecule has 0 radical (unpaired) electrons. The lowest BCUT2D eigenvalue weighted by molar-refractivity contribution is -0.121. The van der Waals surface area contributed by atoms with Crippen LogP contribution in [-0.4, -0.2) is 17.0 Å². The zero-order chi connectivity index (χ0) is 17.7. The normalized spacial score (nSPS) is 11.8. The molecule has 0 spiro atoms. The van der Waals surface area contributed by atoms with E-state index in [0.717, 1.165) is 5.56 Å². The zero-order valence-electron chi connectivity index (χ0n) is 14.3. The minimum absolute atomic E-state index is 0.0767. The molecule has 1 unspecified atom stereocenters. The van der Waals surface area contributed by atoms with Crippen LogP contribution in [0.15, 0.2) is 42.5 Å². The molecule has 4 heteroatoms. The summed E-state index contributed by atoms with van der Waals surface area (Å²) in [6.45, 7) is 6.07. The number of carbonyl (C=O) groups is 2. The number of amides is 1. The molecule has 0 saturated carbocycles. The largest absolute Gasteiger partial charge is 0.478 e. The van der Waals surface area contributed by atoms with Crippen molar-refractivity contribution >= 4 is 11.9 Å². The summed E-state index contributed by atoms with van der Waals surface area (Å²) < 4.78 is 0. The van der Waals surface area contributed by atoms with Gasteiger partial charge in [-0.15, -0.1) is 0 Å². The first-order valence-corrected chi connectivity index (χ1v) is 8.07. The molecule has 0 saturated heterocycles. The fraction of sp³-hybridized carbons (Fsp3) is 0.300. The number of carboxylic acid groups (broad SMARTS) is 1. The Morgan fingerprint density at radius 3 is 2.50 bits per heavy atom. The second-order valence-corrected chi connectivity index (χ2v) is 6.04. The van der Waals surface area contributed by atoms with E-state index in [2.05, 4.69) is 25.2 Å². The van der Waals surface area contributed by atoms with Gasteiger partial charge < -0.3 is 10.4 Å². The van der Waals surface area contributed by atoms with Crippen LogP contribution in [0.5, 0.6) is 0 Å². The third-order valence-corrected chi connectivity index (χ3v) is 4.36. The zero-order valence-corrected chi connectivity index (χ0v) is 14.3. The third kappa shape index (κ3) is 4.22. The van der Waals surface area contributed by atoms with Crippen LogP contribution in [0.4, 0.5) is 0 Å². The highest BCUT2D eigenvalue weighted by Gasteiger charge is 2.14. The van der Waals surface area contributed by atoms with Gasteiger partial charge in [0.2, 0.25) is 5.91 Å². The van der Waals surface area contributed by atoms with Gasteiger partial charge in [-0.2, -0.15) is 0 Å². The number of hydrogen-bond acceptors (Lipinski definition) is 2. The van der Waals surface area contributed by atoms with Gasteiger partial charge in [-0.25, -0.2) is 4.79 Å². The van der Waals surface area contributed by atoms with Crippen molar-refractivity contribution in [2.75, 3.05) is 0 Å². The Bertz CT molecular complexity index is 752. The summed E-state index contributed by atoms with van der Waals surface area (Å²) in [5.74, 6) is -1.04. The first-order valence-electron chi connectivity index (χ1n) is 8.07. The van der Waals surface area contributed by atoms with Crippen LogP contribution < -0.4 is 5.32 Å². The van der Waals surface area contributed by atoms with Crippen LogP contribution in [0.2, 0.25) is 0 Å². The number of nitrogens with one attached hydrogen (secondary N) is 1. The van der Waals surface area contributed by atoms with Gasteiger partial charge in [0.1, 0.15) is 0 Å². The molecule has 24 heavy (non-hydrogen) atoms. The molecular weight excluding hydrogens is 302 g/mol. The highest BCUT2D eigenvalue weighted by Crippen LogP contribution is 2.20. The van der Waals surface area contributed by atoms with Crippen LogP contribution in [0, 0.1) is 13.8 Å². The van der Waals surface area contributed by atoms with Gasteiger partial charge in [-0.05, 0) is 55.5 Å². The summed E-state index contributed by atoms with van der Waals surface area (Å²) in [5, 5.41) is 12.2. The number of carboxylic acids is 1. The van der Waals surface area contributed by atoms with Crippen molar-refractivity contribution in [1.29, 1.82) is 0 Å². The van der Waals surface area contributed by atoms with Gasteiger partial charge in [0.05, 0.1) is 11.6 Å². The number of benzene rings is 2.